The van der Waals surface area contributed by atoms with Crippen LogP contribution >= 0.6 is 22.9 Å². The molecule has 0 spiro atoms. The van der Waals surface area contributed by atoms with Crippen molar-refractivity contribution in [1.29, 1.82) is 0 Å². The van der Waals surface area contributed by atoms with E-state index in [1.165, 1.54) is 11.3 Å². The van der Waals surface area contributed by atoms with Crippen LogP contribution in [-0.4, -0.2) is 25.8 Å². The Morgan fingerprint density at radius 3 is 2.68 bits per heavy atom. The highest BCUT2D eigenvalue weighted by molar-refractivity contribution is 7.89. The average molecular weight is 322 g/mol. The molecular formula is C13H20ClNO2S2. The summed E-state index contributed by atoms with van der Waals surface area (Å²) in [7, 11) is -3.37. The van der Waals surface area contributed by atoms with Gasteiger partial charge in [-0.3, -0.25) is 0 Å². The molecular weight excluding hydrogens is 302 g/mol. The topological polar surface area (TPSA) is 37.4 Å². The zero-order chi connectivity index (χ0) is 14.3. The summed E-state index contributed by atoms with van der Waals surface area (Å²) in [6, 6.07) is 1.73. The van der Waals surface area contributed by atoms with Crippen LogP contribution in [-0.2, 0) is 15.9 Å². The van der Waals surface area contributed by atoms with E-state index in [1.807, 2.05) is 6.92 Å². The van der Waals surface area contributed by atoms with Gasteiger partial charge in [0.15, 0.2) is 0 Å². The van der Waals surface area contributed by atoms with Crippen molar-refractivity contribution < 1.29 is 8.42 Å². The van der Waals surface area contributed by atoms with Crippen LogP contribution in [0.2, 0.25) is 0 Å². The van der Waals surface area contributed by atoms with Gasteiger partial charge in [-0.15, -0.1) is 22.9 Å². The van der Waals surface area contributed by atoms with Crippen LogP contribution < -0.4 is 0 Å². The van der Waals surface area contributed by atoms with Crippen molar-refractivity contribution in [2.24, 2.45) is 5.41 Å². The lowest BCUT2D eigenvalue weighted by molar-refractivity contribution is 0.187. The molecule has 0 aliphatic carbocycles. The van der Waals surface area contributed by atoms with Gasteiger partial charge >= 0.3 is 0 Å². The Bertz CT molecular complexity index is 563. The van der Waals surface area contributed by atoms with E-state index < -0.39 is 10.0 Å². The van der Waals surface area contributed by atoms with E-state index in [-0.39, 0.29) is 5.41 Å². The van der Waals surface area contributed by atoms with Crippen molar-refractivity contribution in [1.82, 2.24) is 4.31 Å². The molecule has 2 heterocycles. The normalized spacial score (nSPS) is 20.6. The van der Waals surface area contributed by atoms with E-state index in [0.29, 0.717) is 23.9 Å². The lowest BCUT2D eigenvalue weighted by atomic mass is 9.85. The van der Waals surface area contributed by atoms with E-state index in [9.17, 15) is 8.42 Å². The Labute approximate surface area is 124 Å². The third-order valence-corrected chi connectivity index (χ3v) is 7.14. The third-order valence-electron chi connectivity index (χ3n) is 3.54. The van der Waals surface area contributed by atoms with Crippen molar-refractivity contribution in [2.45, 2.75) is 44.4 Å². The number of thiophene rings is 1. The number of rotatable bonds is 3. The summed E-state index contributed by atoms with van der Waals surface area (Å²) < 4.78 is 27.1. The van der Waals surface area contributed by atoms with Crippen molar-refractivity contribution in [3.63, 3.8) is 0 Å². The average Bonchev–Trinajstić information content (AvgIpc) is 2.70. The number of nitrogens with zero attached hydrogens (tertiary/aromatic N) is 1. The predicted molar refractivity (Wildman–Crippen MR) is 80.4 cm³/mol. The Morgan fingerprint density at radius 2 is 2.16 bits per heavy atom. The number of halogens is 1. The van der Waals surface area contributed by atoms with Gasteiger partial charge in [0, 0.05) is 22.8 Å². The number of sulfonamides is 1. The Hall–Kier alpha value is -0.100. The standard InChI is InChI=1S/C13H20ClNO2S2/c1-10-12(7-11(8-14)18-10)19(16,17)15-6-4-5-13(2,3)9-15/h7H,4-6,8-9H2,1-3H3. The van der Waals surface area contributed by atoms with E-state index in [1.54, 1.807) is 10.4 Å². The molecule has 0 bridgehead atoms. The molecule has 0 amide bonds. The maximum Gasteiger partial charge on any atom is 0.244 e. The number of hydrogen-bond acceptors (Lipinski definition) is 3. The summed E-state index contributed by atoms with van der Waals surface area (Å²) in [4.78, 5) is 2.18. The molecule has 0 aromatic carbocycles. The molecule has 1 fully saturated rings. The second kappa shape index (κ2) is 5.35. The first-order chi connectivity index (χ1) is 8.76. The van der Waals surface area contributed by atoms with Crippen molar-refractivity contribution in [2.75, 3.05) is 13.1 Å². The zero-order valence-electron chi connectivity index (χ0n) is 11.6. The first-order valence-corrected chi connectivity index (χ1v) is 9.21. The van der Waals surface area contributed by atoms with Crippen molar-refractivity contribution in [3.05, 3.63) is 15.8 Å². The van der Waals surface area contributed by atoms with E-state index in [2.05, 4.69) is 13.8 Å². The van der Waals surface area contributed by atoms with Crippen LogP contribution in [0.15, 0.2) is 11.0 Å². The van der Waals surface area contributed by atoms with Crippen LogP contribution in [0.25, 0.3) is 0 Å². The zero-order valence-corrected chi connectivity index (χ0v) is 14.0. The van der Waals surface area contributed by atoms with E-state index in [0.717, 1.165) is 22.6 Å². The summed E-state index contributed by atoms with van der Waals surface area (Å²) >= 11 is 7.26. The highest BCUT2D eigenvalue weighted by Gasteiger charge is 2.35. The van der Waals surface area contributed by atoms with Gasteiger partial charge in [0.05, 0.1) is 10.8 Å². The predicted octanol–water partition coefficient (Wildman–Crippen LogP) is 3.61. The molecule has 2 rings (SSSR count). The van der Waals surface area contributed by atoms with Gasteiger partial charge in [0.2, 0.25) is 10.0 Å². The molecule has 0 N–H and O–H groups in total. The van der Waals surface area contributed by atoms with Crippen LogP contribution in [0.5, 0.6) is 0 Å². The molecule has 1 saturated heterocycles. The van der Waals surface area contributed by atoms with Gasteiger partial charge in [0.25, 0.3) is 0 Å². The van der Waals surface area contributed by atoms with Crippen LogP contribution in [0.4, 0.5) is 0 Å². The summed E-state index contributed by atoms with van der Waals surface area (Å²) in [5, 5.41) is 0. The van der Waals surface area contributed by atoms with E-state index in [4.69, 9.17) is 11.6 Å². The maximum atomic E-state index is 12.7. The van der Waals surface area contributed by atoms with Crippen LogP contribution in [0.3, 0.4) is 0 Å². The van der Waals surface area contributed by atoms with Gasteiger partial charge in [-0.25, -0.2) is 8.42 Å². The van der Waals surface area contributed by atoms with Crippen LogP contribution in [0, 0.1) is 12.3 Å². The fourth-order valence-electron chi connectivity index (χ4n) is 2.56. The Kier molecular flexibility index (Phi) is 4.31. The SMILES string of the molecule is Cc1sc(CCl)cc1S(=O)(=O)N1CCCC(C)(C)C1. The minimum Gasteiger partial charge on any atom is -0.207 e. The van der Waals surface area contributed by atoms with Gasteiger partial charge in [-0.1, -0.05) is 13.8 Å². The Balaban J connectivity index is 2.34. The monoisotopic (exact) mass is 321 g/mol. The lowest BCUT2D eigenvalue weighted by Crippen LogP contribution is -2.43. The molecule has 19 heavy (non-hydrogen) atoms. The fraction of sp³-hybridized carbons (Fsp3) is 0.692. The second-order valence-corrected chi connectivity index (χ2v) is 9.39. The molecule has 0 atom stereocenters. The molecule has 108 valence electrons. The lowest BCUT2D eigenvalue weighted by Gasteiger charge is -2.37. The third kappa shape index (κ3) is 3.15. The fourth-order valence-corrected chi connectivity index (χ4v) is 5.92. The molecule has 1 aromatic rings. The summed E-state index contributed by atoms with van der Waals surface area (Å²) in [5.41, 5.74) is 0.0601. The maximum absolute atomic E-state index is 12.7. The first-order valence-electron chi connectivity index (χ1n) is 6.42. The van der Waals surface area contributed by atoms with Crippen LogP contribution in [0.1, 0.15) is 36.4 Å². The van der Waals surface area contributed by atoms with E-state index >= 15 is 0 Å². The number of alkyl halides is 1. The van der Waals surface area contributed by atoms with Gasteiger partial charge in [-0.05, 0) is 31.2 Å². The van der Waals surface area contributed by atoms with Crippen molar-refractivity contribution in [3.8, 4) is 0 Å². The number of piperidine rings is 1. The number of aryl methyl sites for hydroxylation is 1. The summed E-state index contributed by atoms with van der Waals surface area (Å²) in [6.07, 6.45) is 2.01. The summed E-state index contributed by atoms with van der Waals surface area (Å²) in [6.45, 7) is 7.32. The molecule has 0 radical (unpaired) electrons. The van der Waals surface area contributed by atoms with Gasteiger partial charge in [-0.2, -0.15) is 4.31 Å². The quantitative estimate of drug-likeness (QED) is 0.798. The summed E-state index contributed by atoms with van der Waals surface area (Å²) in [5.74, 6) is 0.368. The minimum atomic E-state index is -3.37. The Morgan fingerprint density at radius 1 is 1.47 bits per heavy atom. The largest absolute Gasteiger partial charge is 0.244 e. The first kappa shape index (κ1) is 15.3. The number of hydrogen-bond donors (Lipinski definition) is 0. The minimum absolute atomic E-state index is 0.0601. The molecule has 3 nitrogen and oxygen atoms in total. The molecule has 0 unspecified atom stereocenters. The van der Waals surface area contributed by atoms with Gasteiger partial charge < -0.3 is 0 Å². The molecule has 1 aromatic heterocycles. The molecule has 1 aliphatic heterocycles. The van der Waals surface area contributed by atoms with Gasteiger partial charge in [0.1, 0.15) is 0 Å². The highest BCUT2D eigenvalue weighted by atomic mass is 35.5. The van der Waals surface area contributed by atoms with Crippen molar-refractivity contribution >= 4 is 33.0 Å². The molecule has 6 heteroatoms. The highest BCUT2D eigenvalue weighted by Crippen LogP contribution is 2.34. The smallest absolute Gasteiger partial charge is 0.207 e. The molecule has 1 aliphatic rings. The molecule has 0 saturated carbocycles. The second-order valence-electron chi connectivity index (χ2n) is 5.87.